The van der Waals surface area contributed by atoms with Gasteiger partial charge >= 0.3 is 0 Å². The van der Waals surface area contributed by atoms with Crippen LogP contribution in [0.25, 0.3) is 21.4 Å². The normalized spacial score (nSPS) is 22.2. The first-order chi connectivity index (χ1) is 15.7. The summed E-state index contributed by atoms with van der Waals surface area (Å²) in [7, 11) is 1.78. The van der Waals surface area contributed by atoms with E-state index in [4.69, 9.17) is 4.52 Å². The SMILES string of the molecule is Cn1cnc2ncn(Cc3nc(C4C5CN(c6ccc7ncsc7c6)C[C@H]54)no3)c(=O)c21. The van der Waals surface area contributed by atoms with Gasteiger partial charge in [0.15, 0.2) is 17.0 Å². The van der Waals surface area contributed by atoms with Gasteiger partial charge in [-0.05, 0) is 30.0 Å². The number of thiazole rings is 1. The first kappa shape index (κ1) is 18.0. The van der Waals surface area contributed by atoms with E-state index in [-0.39, 0.29) is 12.1 Å². The van der Waals surface area contributed by atoms with E-state index in [1.807, 2.05) is 5.51 Å². The Kier molecular flexibility index (Phi) is 3.63. The number of rotatable bonds is 4. The number of hydrogen-bond donors (Lipinski definition) is 0. The van der Waals surface area contributed by atoms with Gasteiger partial charge in [0.25, 0.3) is 5.56 Å². The number of anilines is 1. The van der Waals surface area contributed by atoms with Crippen LogP contribution in [0, 0.1) is 11.8 Å². The highest BCUT2D eigenvalue weighted by Gasteiger charge is 2.58. The third-order valence-corrected chi connectivity index (χ3v) is 7.45. The minimum Gasteiger partial charge on any atom is -0.371 e. The molecule has 32 heavy (non-hydrogen) atoms. The number of aromatic nitrogens is 7. The lowest BCUT2D eigenvalue weighted by Gasteiger charge is -2.21. The second-order valence-electron chi connectivity index (χ2n) is 8.51. The number of aryl methyl sites for hydroxylation is 1. The summed E-state index contributed by atoms with van der Waals surface area (Å²) >= 11 is 1.67. The number of hydrogen-bond acceptors (Lipinski definition) is 9. The van der Waals surface area contributed by atoms with Crippen molar-refractivity contribution in [1.29, 1.82) is 0 Å². The molecule has 0 spiro atoms. The van der Waals surface area contributed by atoms with Crippen LogP contribution in [0.15, 0.2) is 45.7 Å². The zero-order chi connectivity index (χ0) is 21.4. The molecule has 2 aliphatic rings. The standard InChI is InChI=1S/C21H18N8O2S/c1-27-8-22-20-18(27)21(30)29(9-23-20)7-16-25-19(26-31-16)17-12-5-28(6-13(12)17)11-2-3-14-15(4-11)32-10-24-14/h2-4,8-10,12-13,17H,5-7H2,1H3/t12-,13?,17?/m1/s1. The van der Waals surface area contributed by atoms with Crippen LogP contribution in [0.4, 0.5) is 5.69 Å². The van der Waals surface area contributed by atoms with Gasteiger partial charge in [0.1, 0.15) is 12.9 Å². The molecule has 1 aliphatic heterocycles. The summed E-state index contributed by atoms with van der Waals surface area (Å²) in [4.78, 5) is 32.5. The average molecular weight is 446 g/mol. The third-order valence-electron chi connectivity index (χ3n) is 6.66. The van der Waals surface area contributed by atoms with Crippen molar-refractivity contribution in [3.63, 3.8) is 0 Å². The van der Waals surface area contributed by atoms with Crippen molar-refractivity contribution in [1.82, 2.24) is 34.2 Å². The van der Waals surface area contributed by atoms with E-state index >= 15 is 0 Å². The summed E-state index contributed by atoms with van der Waals surface area (Å²) in [5, 5.41) is 4.22. The van der Waals surface area contributed by atoms with Gasteiger partial charge in [0.05, 0.1) is 22.1 Å². The monoisotopic (exact) mass is 446 g/mol. The van der Waals surface area contributed by atoms with Gasteiger partial charge < -0.3 is 14.0 Å². The van der Waals surface area contributed by atoms with Crippen LogP contribution in [-0.4, -0.2) is 47.3 Å². The van der Waals surface area contributed by atoms with Crippen LogP contribution in [0.2, 0.25) is 0 Å². The van der Waals surface area contributed by atoms with Crippen LogP contribution < -0.4 is 10.5 Å². The Morgan fingerprint density at radius 2 is 2.00 bits per heavy atom. The summed E-state index contributed by atoms with van der Waals surface area (Å²) < 4.78 is 9.84. The van der Waals surface area contributed by atoms with Gasteiger partial charge in [0.2, 0.25) is 5.89 Å². The Balaban J connectivity index is 1.07. The Morgan fingerprint density at radius 1 is 1.16 bits per heavy atom. The van der Waals surface area contributed by atoms with Crippen molar-refractivity contribution in [2.45, 2.75) is 12.5 Å². The van der Waals surface area contributed by atoms with Crippen molar-refractivity contribution < 1.29 is 4.52 Å². The lowest BCUT2D eigenvalue weighted by molar-refractivity contribution is 0.363. The van der Waals surface area contributed by atoms with Gasteiger partial charge in [-0.15, -0.1) is 11.3 Å². The Labute approximate surface area is 185 Å². The molecule has 3 atom stereocenters. The maximum Gasteiger partial charge on any atom is 0.280 e. The van der Waals surface area contributed by atoms with Crippen LogP contribution in [0.3, 0.4) is 0 Å². The van der Waals surface area contributed by atoms with Crippen LogP contribution in [0.5, 0.6) is 0 Å². The van der Waals surface area contributed by atoms with E-state index in [0.717, 1.165) is 24.4 Å². The molecule has 10 nitrogen and oxygen atoms in total. The number of piperidine rings is 1. The van der Waals surface area contributed by atoms with E-state index in [1.165, 1.54) is 21.3 Å². The molecule has 5 heterocycles. The van der Waals surface area contributed by atoms with Crippen molar-refractivity contribution >= 4 is 38.4 Å². The molecule has 1 saturated heterocycles. The summed E-state index contributed by atoms with van der Waals surface area (Å²) in [6, 6.07) is 6.47. The molecule has 160 valence electrons. The minimum absolute atomic E-state index is 0.174. The third kappa shape index (κ3) is 2.63. The van der Waals surface area contributed by atoms with Crippen molar-refractivity contribution in [2.24, 2.45) is 18.9 Å². The molecule has 1 saturated carbocycles. The van der Waals surface area contributed by atoms with Gasteiger partial charge in [-0.25, -0.2) is 15.0 Å². The quantitative estimate of drug-likeness (QED) is 0.413. The molecular formula is C21H18N8O2S. The first-order valence-corrected chi connectivity index (χ1v) is 11.3. The van der Waals surface area contributed by atoms with E-state index in [2.05, 4.69) is 48.2 Å². The highest BCUT2D eigenvalue weighted by atomic mass is 32.1. The molecular weight excluding hydrogens is 428 g/mol. The number of benzene rings is 1. The molecule has 1 aliphatic carbocycles. The van der Waals surface area contributed by atoms with Crippen molar-refractivity contribution in [3.05, 3.63) is 58.4 Å². The molecule has 0 radical (unpaired) electrons. The topological polar surface area (TPSA) is 108 Å². The van der Waals surface area contributed by atoms with Gasteiger partial charge in [-0.1, -0.05) is 5.16 Å². The number of fused-ring (bicyclic) bond motifs is 3. The van der Waals surface area contributed by atoms with Crippen LogP contribution >= 0.6 is 11.3 Å². The van der Waals surface area contributed by atoms with Gasteiger partial charge in [-0.3, -0.25) is 9.36 Å². The number of imidazole rings is 1. The van der Waals surface area contributed by atoms with E-state index in [9.17, 15) is 4.79 Å². The molecule has 4 aromatic heterocycles. The Morgan fingerprint density at radius 3 is 2.88 bits per heavy atom. The van der Waals surface area contributed by atoms with Crippen LogP contribution in [0.1, 0.15) is 17.6 Å². The highest BCUT2D eigenvalue weighted by molar-refractivity contribution is 7.16. The average Bonchev–Trinajstić information content (AvgIpc) is 3.38. The predicted molar refractivity (Wildman–Crippen MR) is 118 cm³/mol. The zero-order valence-corrected chi connectivity index (χ0v) is 17.9. The van der Waals surface area contributed by atoms with Crippen molar-refractivity contribution in [3.8, 4) is 0 Å². The fourth-order valence-electron chi connectivity index (χ4n) is 4.96. The van der Waals surface area contributed by atoms with E-state index < -0.39 is 0 Å². The molecule has 2 unspecified atom stereocenters. The molecule has 2 fully saturated rings. The molecule has 0 bridgehead atoms. The predicted octanol–water partition coefficient (Wildman–Crippen LogP) is 2.02. The zero-order valence-electron chi connectivity index (χ0n) is 17.1. The Bertz CT molecular complexity index is 1540. The van der Waals surface area contributed by atoms with E-state index in [0.29, 0.717) is 34.8 Å². The van der Waals surface area contributed by atoms with E-state index in [1.54, 1.807) is 29.3 Å². The molecule has 0 N–H and O–H groups in total. The molecule has 11 heteroatoms. The second kappa shape index (κ2) is 6.45. The highest BCUT2D eigenvalue weighted by Crippen LogP contribution is 2.58. The summed E-state index contributed by atoms with van der Waals surface area (Å²) in [6.07, 6.45) is 3.06. The summed E-state index contributed by atoms with van der Waals surface area (Å²) in [6.45, 7) is 2.18. The second-order valence-corrected chi connectivity index (χ2v) is 9.40. The summed E-state index contributed by atoms with van der Waals surface area (Å²) in [5.41, 5.74) is 4.91. The van der Waals surface area contributed by atoms with Crippen LogP contribution in [-0.2, 0) is 13.6 Å². The number of nitrogens with zero attached hydrogens (tertiary/aromatic N) is 8. The largest absolute Gasteiger partial charge is 0.371 e. The smallest absolute Gasteiger partial charge is 0.280 e. The fraction of sp³-hybridized carbons (Fsp3) is 0.333. The Hall–Kier alpha value is -3.60. The lowest BCUT2D eigenvalue weighted by atomic mass is 10.2. The molecule has 0 amide bonds. The lowest BCUT2D eigenvalue weighted by Crippen LogP contribution is -2.23. The fourth-order valence-corrected chi connectivity index (χ4v) is 5.67. The first-order valence-electron chi connectivity index (χ1n) is 10.4. The molecule has 5 aromatic rings. The maximum atomic E-state index is 12.7. The van der Waals surface area contributed by atoms with Gasteiger partial charge in [-0.2, -0.15) is 4.98 Å². The minimum atomic E-state index is -0.174. The van der Waals surface area contributed by atoms with Crippen molar-refractivity contribution in [2.75, 3.05) is 18.0 Å². The van der Waals surface area contributed by atoms with Gasteiger partial charge in [0, 0.05) is 31.7 Å². The maximum absolute atomic E-state index is 12.7. The molecule has 1 aromatic carbocycles. The molecule has 7 rings (SSSR count). The summed E-state index contributed by atoms with van der Waals surface area (Å²) in [5.74, 6) is 2.56.